The van der Waals surface area contributed by atoms with Crippen LogP contribution in [-0.4, -0.2) is 57.5 Å². The number of ether oxygens (including phenoxy) is 2. The molecule has 1 saturated heterocycles. The van der Waals surface area contributed by atoms with Crippen LogP contribution in [0.15, 0.2) is 60.7 Å². The van der Waals surface area contributed by atoms with Gasteiger partial charge in [-0.15, -0.1) is 0 Å². The van der Waals surface area contributed by atoms with E-state index in [1.807, 2.05) is 50.2 Å². The van der Waals surface area contributed by atoms with E-state index in [2.05, 4.69) is 24.3 Å². The summed E-state index contributed by atoms with van der Waals surface area (Å²) in [4.78, 5) is 0. The van der Waals surface area contributed by atoms with Crippen molar-refractivity contribution in [1.82, 2.24) is 0 Å². The Hall–Kier alpha value is -1.54. The van der Waals surface area contributed by atoms with Crippen molar-refractivity contribution in [2.24, 2.45) is 0 Å². The lowest BCUT2D eigenvalue weighted by atomic mass is 9.79. The maximum absolute atomic E-state index is 10.2. The van der Waals surface area contributed by atoms with E-state index in [9.17, 15) is 10.2 Å². The van der Waals surface area contributed by atoms with Crippen LogP contribution in [0.3, 0.4) is 0 Å². The molecule has 0 aromatic heterocycles. The number of hydrogen-bond donors (Lipinski definition) is 2. The molecule has 2 N–H and O–H groups in total. The van der Waals surface area contributed by atoms with Crippen molar-refractivity contribution in [2.45, 2.75) is 50.0 Å². The number of benzene rings is 2. The average Bonchev–Trinajstić information content (AvgIpc) is 2.96. The standard InChI is InChI=1S/C21H28O5Si/c1-21(2,24-13-16-18(22)19(23)20(25-16)26-27)17(14-9-5-3-6-10-14)15-11-7-4-8-12-15/h3-12,16-20,22-23H,13H2,1-2,27H3/t16-,18-,19-,20-/m1/s1. The van der Waals surface area contributed by atoms with Crippen LogP contribution in [0.1, 0.15) is 30.9 Å². The van der Waals surface area contributed by atoms with Crippen LogP contribution in [0.2, 0.25) is 0 Å². The Morgan fingerprint density at radius 2 is 1.48 bits per heavy atom. The first kappa shape index (κ1) is 20.2. The Morgan fingerprint density at radius 3 is 1.93 bits per heavy atom. The highest BCUT2D eigenvalue weighted by Gasteiger charge is 2.44. The van der Waals surface area contributed by atoms with Gasteiger partial charge in [-0.1, -0.05) is 60.7 Å². The third kappa shape index (κ3) is 4.48. The summed E-state index contributed by atoms with van der Waals surface area (Å²) < 4.78 is 17.1. The van der Waals surface area contributed by atoms with Crippen molar-refractivity contribution >= 4 is 10.5 Å². The third-order valence-corrected chi connectivity index (χ3v) is 5.60. The van der Waals surface area contributed by atoms with Crippen molar-refractivity contribution in [3.05, 3.63) is 71.8 Å². The van der Waals surface area contributed by atoms with Gasteiger partial charge in [0.15, 0.2) is 6.29 Å². The normalized spacial score (nSPS) is 26.0. The lowest BCUT2D eigenvalue weighted by molar-refractivity contribution is -0.137. The van der Waals surface area contributed by atoms with E-state index in [1.165, 1.54) is 0 Å². The summed E-state index contributed by atoms with van der Waals surface area (Å²) in [6.07, 6.45) is -3.46. The molecular weight excluding hydrogens is 360 g/mol. The van der Waals surface area contributed by atoms with E-state index in [0.717, 1.165) is 11.1 Å². The molecular formula is C21H28O5Si. The van der Waals surface area contributed by atoms with Crippen LogP contribution in [0, 0.1) is 0 Å². The van der Waals surface area contributed by atoms with Gasteiger partial charge in [0.1, 0.15) is 28.8 Å². The van der Waals surface area contributed by atoms with Gasteiger partial charge in [0, 0.05) is 5.92 Å². The van der Waals surface area contributed by atoms with Gasteiger partial charge in [-0.2, -0.15) is 0 Å². The van der Waals surface area contributed by atoms with Crippen molar-refractivity contribution < 1.29 is 24.1 Å². The zero-order valence-corrected chi connectivity index (χ0v) is 18.0. The first-order valence-electron chi connectivity index (χ1n) is 9.22. The molecule has 27 heavy (non-hydrogen) atoms. The SMILES string of the molecule is CC(C)(OC[C@H]1O[C@H](O[SiH3])[C@H](O)[C@@H]1O)C(c1ccccc1)c1ccccc1. The second-order valence-electron chi connectivity index (χ2n) is 7.43. The monoisotopic (exact) mass is 388 g/mol. The summed E-state index contributed by atoms with van der Waals surface area (Å²) in [5.74, 6) is 0.00833. The predicted molar refractivity (Wildman–Crippen MR) is 106 cm³/mol. The molecule has 0 aliphatic carbocycles. The van der Waals surface area contributed by atoms with Crippen molar-refractivity contribution in [2.75, 3.05) is 6.61 Å². The summed E-state index contributed by atoms with van der Waals surface area (Å²) in [5.41, 5.74) is 1.75. The van der Waals surface area contributed by atoms with Gasteiger partial charge >= 0.3 is 0 Å². The molecule has 4 atom stereocenters. The van der Waals surface area contributed by atoms with Gasteiger partial charge in [-0.25, -0.2) is 0 Å². The van der Waals surface area contributed by atoms with Gasteiger partial charge < -0.3 is 24.1 Å². The van der Waals surface area contributed by atoms with Crippen LogP contribution in [0.5, 0.6) is 0 Å². The third-order valence-electron chi connectivity index (χ3n) is 5.13. The van der Waals surface area contributed by atoms with E-state index >= 15 is 0 Å². The van der Waals surface area contributed by atoms with E-state index in [4.69, 9.17) is 13.9 Å². The van der Waals surface area contributed by atoms with E-state index in [-0.39, 0.29) is 12.5 Å². The highest BCUT2D eigenvalue weighted by atomic mass is 28.2. The molecule has 146 valence electrons. The zero-order valence-electron chi connectivity index (χ0n) is 16.0. The van der Waals surface area contributed by atoms with E-state index in [0.29, 0.717) is 10.5 Å². The molecule has 0 radical (unpaired) electrons. The minimum absolute atomic E-state index is 0.00833. The van der Waals surface area contributed by atoms with Crippen molar-refractivity contribution in [3.8, 4) is 0 Å². The Balaban J connectivity index is 1.80. The molecule has 6 heteroatoms. The fraction of sp³-hybridized carbons (Fsp3) is 0.429. The van der Waals surface area contributed by atoms with Crippen LogP contribution in [0.4, 0.5) is 0 Å². The number of rotatable bonds is 7. The largest absolute Gasteiger partial charge is 0.402 e. The summed E-state index contributed by atoms with van der Waals surface area (Å²) in [6, 6.07) is 20.5. The Bertz CT molecular complexity index is 670. The molecule has 1 heterocycles. The Morgan fingerprint density at radius 1 is 0.963 bits per heavy atom. The lowest BCUT2D eigenvalue weighted by Crippen LogP contribution is -2.40. The number of hydrogen-bond acceptors (Lipinski definition) is 5. The minimum atomic E-state index is -1.04. The molecule has 1 fully saturated rings. The highest BCUT2D eigenvalue weighted by Crippen LogP contribution is 2.37. The Kier molecular flexibility index (Phi) is 6.47. The smallest absolute Gasteiger partial charge is 0.176 e. The van der Waals surface area contributed by atoms with E-state index < -0.39 is 30.2 Å². The van der Waals surface area contributed by atoms with Crippen LogP contribution >= 0.6 is 0 Å². The van der Waals surface area contributed by atoms with E-state index in [1.54, 1.807) is 0 Å². The molecule has 2 aromatic carbocycles. The van der Waals surface area contributed by atoms with Crippen LogP contribution in [-0.2, 0) is 13.9 Å². The predicted octanol–water partition coefficient (Wildman–Crippen LogP) is 1.36. The molecule has 3 rings (SSSR count). The fourth-order valence-electron chi connectivity index (χ4n) is 3.71. The minimum Gasteiger partial charge on any atom is -0.402 e. The molecule has 0 saturated carbocycles. The Labute approximate surface area is 163 Å². The summed E-state index contributed by atoms with van der Waals surface area (Å²) in [6.45, 7) is 4.25. The highest BCUT2D eigenvalue weighted by molar-refractivity contribution is 5.98. The molecule has 1 aliphatic rings. The van der Waals surface area contributed by atoms with Gasteiger partial charge in [0.2, 0.25) is 0 Å². The van der Waals surface area contributed by atoms with Crippen molar-refractivity contribution in [3.63, 3.8) is 0 Å². The van der Waals surface area contributed by atoms with Gasteiger partial charge in [-0.3, -0.25) is 0 Å². The molecule has 0 bridgehead atoms. The van der Waals surface area contributed by atoms with Crippen molar-refractivity contribution in [1.29, 1.82) is 0 Å². The first-order valence-corrected chi connectivity index (χ1v) is 10.0. The summed E-state index contributed by atoms with van der Waals surface area (Å²) in [5, 5.41) is 20.2. The number of aliphatic hydroxyl groups excluding tert-OH is 2. The van der Waals surface area contributed by atoms with Gasteiger partial charge in [0.25, 0.3) is 0 Å². The van der Waals surface area contributed by atoms with Crippen LogP contribution in [0.25, 0.3) is 0 Å². The second-order valence-corrected chi connectivity index (χ2v) is 7.90. The molecule has 1 aliphatic heterocycles. The number of aliphatic hydroxyl groups is 2. The first-order chi connectivity index (χ1) is 12.9. The van der Waals surface area contributed by atoms with Crippen LogP contribution < -0.4 is 0 Å². The maximum Gasteiger partial charge on any atom is 0.176 e. The zero-order chi connectivity index (χ0) is 19.4. The summed E-state index contributed by atoms with van der Waals surface area (Å²) >= 11 is 0. The fourth-order valence-corrected chi connectivity index (χ4v) is 4.10. The second kappa shape index (κ2) is 8.64. The molecule has 0 amide bonds. The quantitative estimate of drug-likeness (QED) is 0.701. The molecule has 0 spiro atoms. The lowest BCUT2D eigenvalue weighted by Gasteiger charge is -2.36. The average molecular weight is 389 g/mol. The molecule has 5 nitrogen and oxygen atoms in total. The maximum atomic E-state index is 10.2. The topological polar surface area (TPSA) is 68.2 Å². The molecule has 2 aromatic rings. The van der Waals surface area contributed by atoms with Gasteiger partial charge in [-0.05, 0) is 25.0 Å². The molecule has 0 unspecified atom stereocenters. The van der Waals surface area contributed by atoms with Gasteiger partial charge in [0.05, 0.1) is 12.2 Å². The summed E-state index contributed by atoms with van der Waals surface area (Å²) in [7, 11) is 0.424.